The van der Waals surface area contributed by atoms with E-state index in [1.807, 2.05) is 0 Å². The third kappa shape index (κ3) is 5.60. The first-order valence-electron chi connectivity index (χ1n) is 26.7. The Morgan fingerprint density at radius 3 is 1.04 bits per heavy atom. The number of rotatable bonds is 6. The molecule has 77 heavy (non-hydrogen) atoms. The third-order valence-corrected chi connectivity index (χ3v) is 17.0. The molecule has 0 saturated carbocycles. The zero-order valence-electron chi connectivity index (χ0n) is 41.8. The molecule has 1 atom stereocenters. The normalized spacial score (nSPS) is 14.3. The van der Waals surface area contributed by atoms with Crippen LogP contribution in [0.3, 0.4) is 0 Å². The molecule has 0 N–H and O–H groups in total. The quantitative estimate of drug-likeness (QED) is 0.158. The maximum Gasteiger partial charge on any atom is 0.0950 e. The number of hydrogen-bond donors (Lipinski definition) is 0. The summed E-state index contributed by atoms with van der Waals surface area (Å²) in [5.41, 5.74) is 20.1. The van der Waals surface area contributed by atoms with E-state index in [1.165, 1.54) is 87.5 Å². The molecule has 0 bridgehead atoms. The van der Waals surface area contributed by atoms with Gasteiger partial charge in [0.25, 0.3) is 0 Å². The molecule has 0 amide bonds. The van der Waals surface area contributed by atoms with Crippen molar-refractivity contribution in [3.63, 3.8) is 0 Å². The topological polar surface area (TPSA) is 19.7 Å². The van der Waals surface area contributed by atoms with Crippen molar-refractivity contribution in [2.75, 3.05) is 0 Å². The molecule has 16 aromatic rings. The molecular formula is C73H46N4. The maximum absolute atomic E-state index is 2.64. The second-order valence-electron chi connectivity index (χ2n) is 20.7. The minimum Gasteiger partial charge on any atom is -0.309 e. The molecule has 4 heterocycles. The molecule has 12 aromatic carbocycles. The monoisotopic (exact) mass is 978 g/mol. The van der Waals surface area contributed by atoms with Crippen LogP contribution in [0.1, 0.15) is 22.3 Å². The van der Waals surface area contributed by atoms with Crippen LogP contribution in [-0.4, -0.2) is 18.3 Å². The summed E-state index contributed by atoms with van der Waals surface area (Å²) in [5.74, 6) is 0. The number of nitrogens with zero attached hydrogens (tertiary/aromatic N) is 4. The molecule has 1 aliphatic carbocycles. The summed E-state index contributed by atoms with van der Waals surface area (Å²) in [6.07, 6.45) is 0. The van der Waals surface area contributed by atoms with E-state index in [-0.39, 0.29) is 0 Å². The average Bonchev–Trinajstić information content (AvgIpc) is 4.49. The van der Waals surface area contributed by atoms with E-state index in [0.717, 1.165) is 55.8 Å². The van der Waals surface area contributed by atoms with Crippen molar-refractivity contribution in [2.24, 2.45) is 0 Å². The molecule has 0 fully saturated rings. The van der Waals surface area contributed by atoms with Crippen molar-refractivity contribution in [1.82, 2.24) is 18.3 Å². The van der Waals surface area contributed by atoms with E-state index in [9.17, 15) is 0 Å². The van der Waals surface area contributed by atoms with Crippen molar-refractivity contribution in [3.05, 3.63) is 301 Å². The van der Waals surface area contributed by atoms with Crippen molar-refractivity contribution in [1.29, 1.82) is 0 Å². The molecule has 0 spiro atoms. The minimum absolute atomic E-state index is 0.851. The highest BCUT2D eigenvalue weighted by Crippen LogP contribution is 2.61. The van der Waals surface area contributed by atoms with E-state index >= 15 is 0 Å². The van der Waals surface area contributed by atoms with Crippen LogP contribution in [0.2, 0.25) is 0 Å². The maximum atomic E-state index is 2.64. The van der Waals surface area contributed by atoms with Gasteiger partial charge in [-0.3, -0.25) is 0 Å². The molecule has 0 radical (unpaired) electrons. The fourth-order valence-corrected chi connectivity index (χ4v) is 14.1. The van der Waals surface area contributed by atoms with Crippen LogP contribution in [0.4, 0.5) is 0 Å². The Bertz CT molecular complexity index is 4910. The van der Waals surface area contributed by atoms with Gasteiger partial charge in [-0.1, -0.05) is 212 Å². The van der Waals surface area contributed by atoms with Gasteiger partial charge in [-0.15, -0.1) is 0 Å². The Morgan fingerprint density at radius 1 is 0.234 bits per heavy atom. The largest absolute Gasteiger partial charge is 0.309 e. The second kappa shape index (κ2) is 15.9. The van der Waals surface area contributed by atoms with Crippen LogP contribution in [0.25, 0.3) is 121 Å². The summed E-state index contributed by atoms with van der Waals surface area (Å²) in [6.45, 7) is 0. The van der Waals surface area contributed by atoms with Crippen molar-refractivity contribution < 1.29 is 0 Å². The van der Waals surface area contributed by atoms with Crippen LogP contribution in [-0.2, 0) is 5.41 Å². The highest BCUT2D eigenvalue weighted by Gasteiger charge is 2.50. The van der Waals surface area contributed by atoms with Gasteiger partial charge in [-0.25, -0.2) is 0 Å². The zero-order chi connectivity index (χ0) is 50.3. The third-order valence-electron chi connectivity index (χ3n) is 17.0. The van der Waals surface area contributed by atoms with E-state index in [1.54, 1.807) is 0 Å². The van der Waals surface area contributed by atoms with Crippen molar-refractivity contribution in [2.45, 2.75) is 5.41 Å². The number of hydrogen-bond acceptors (Lipinski definition) is 0. The molecule has 358 valence electrons. The predicted octanol–water partition coefficient (Wildman–Crippen LogP) is 18.4. The molecular weight excluding hydrogens is 933 g/mol. The molecule has 1 aliphatic rings. The molecule has 4 aromatic heterocycles. The Balaban J connectivity index is 1.15. The second-order valence-corrected chi connectivity index (χ2v) is 20.7. The van der Waals surface area contributed by atoms with Crippen LogP contribution in [0, 0.1) is 0 Å². The molecule has 1 unspecified atom stereocenters. The fraction of sp³-hybridized carbons (Fsp3) is 0.0137. The molecule has 0 saturated heterocycles. The Labute approximate surface area is 443 Å². The van der Waals surface area contributed by atoms with Gasteiger partial charge in [0, 0.05) is 54.3 Å². The fourth-order valence-electron chi connectivity index (χ4n) is 14.1. The minimum atomic E-state index is -0.851. The Hall–Kier alpha value is -10.2. The van der Waals surface area contributed by atoms with Gasteiger partial charge in [0.2, 0.25) is 0 Å². The SMILES string of the molecule is c1ccc(C2(c3cccc(-n4c5ccccc5c5ccccc54)c3)c3ccccc3-c3cc(-n4c5ccccc5c5ccccc54)c(-n4c5ccccc5c5ccccc54)c(-n4c5ccccc5c5ccccc54)c32)cc1. The highest BCUT2D eigenvalue weighted by molar-refractivity contribution is 6.15. The smallest absolute Gasteiger partial charge is 0.0950 e. The van der Waals surface area contributed by atoms with Crippen LogP contribution < -0.4 is 0 Å². The summed E-state index contributed by atoms with van der Waals surface area (Å²) in [4.78, 5) is 0. The number of benzene rings is 12. The average molecular weight is 979 g/mol. The van der Waals surface area contributed by atoms with Gasteiger partial charge < -0.3 is 18.3 Å². The summed E-state index contributed by atoms with van der Waals surface area (Å²) in [6, 6.07) is 104. The molecule has 4 heteroatoms. The first-order valence-corrected chi connectivity index (χ1v) is 26.7. The van der Waals surface area contributed by atoms with Crippen LogP contribution >= 0.6 is 0 Å². The molecule has 4 nitrogen and oxygen atoms in total. The first kappa shape index (κ1) is 42.2. The van der Waals surface area contributed by atoms with Crippen molar-refractivity contribution in [3.8, 4) is 33.9 Å². The number of fused-ring (bicyclic) bond motifs is 15. The molecule has 0 aliphatic heterocycles. The van der Waals surface area contributed by atoms with Crippen LogP contribution in [0.15, 0.2) is 279 Å². The summed E-state index contributed by atoms with van der Waals surface area (Å²) < 4.78 is 10.3. The van der Waals surface area contributed by atoms with E-state index in [4.69, 9.17) is 0 Å². The first-order chi connectivity index (χ1) is 38.3. The zero-order valence-corrected chi connectivity index (χ0v) is 41.8. The molecule has 17 rings (SSSR count). The lowest BCUT2D eigenvalue weighted by molar-refractivity contribution is 0.759. The summed E-state index contributed by atoms with van der Waals surface area (Å²) in [7, 11) is 0. The summed E-state index contributed by atoms with van der Waals surface area (Å²) >= 11 is 0. The van der Waals surface area contributed by atoms with E-state index in [2.05, 4.69) is 297 Å². The Morgan fingerprint density at radius 2 is 0.584 bits per heavy atom. The van der Waals surface area contributed by atoms with Crippen molar-refractivity contribution >= 4 is 87.2 Å². The van der Waals surface area contributed by atoms with Gasteiger partial charge in [0.1, 0.15) is 0 Å². The highest BCUT2D eigenvalue weighted by atomic mass is 15.1. The summed E-state index contributed by atoms with van der Waals surface area (Å²) in [5, 5.41) is 9.76. The number of para-hydroxylation sites is 8. The number of aromatic nitrogens is 4. The van der Waals surface area contributed by atoms with Gasteiger partial charge in [-0.2, -0.15) is 0 Å². The van der Waals surface area contributed by atoms with E-state index in [0.29, 0.717) is 0 Å². The standard InChI is InChI=1S/C73H46N4/c1-2-23-47(24-3-1)73(48-25-22-26-49(45-48)74-61-37-14-5-28-51(61)52-29-6-15-38-62(52)74)60-36-13-4-27-50(60)59-46-69(75-63-39-16-7-30-53(63)54-31-8-17-40-64(54)75)71(76-65-41-18-9-32-55(65)56-33-10-19-42-66(56)76)72(70(59)73)77-67-43-20-11-34-57(67)58-35-12-21-44-68(58)77/h1-46H. The van der Waals surface area contributed by atoms with Gasteiger partial charge in [0.05, 0.1) is 66.6 Å². The van der Waals surface area contributed by atoms with Crippen LogP contribution in [0.5, 0.6) is 0 Å². The van der Waals surface area contributed by atoms with Gasteiger partial charge in [-0.05, 0) is 94.5 Å². The lowest BCUT2D eigenvalue weighted by Gasteiger charge is -2.37. The lowest BCUT2D eigenvalue weighted by atomic mass is 9.67. The Kier molecular flexibility index (Phi) is 8.73. The van der Waals surface area contributed by atoms with Gasteiger partial charge >= 0.3 is 0 Å². The van der Waals surface area contributed by atoms with E-state index < -0.39 is 5.41 Å². The van der Waals surface area contributed by atoms with Gasteiger partial charge in [0.15, 0.2) is 0 Å². The lowest BCUT2D eigenvalue weighted by Crippen LogP contribution is -2.31. The predicted molar refractivity (Wildman–Crippen MR) is 321 cm³/mol.